The summed E-state index contributed by atoms with van der Waals surface area (Å²) in [5.74, 6) is -0.268. The van der Waals surface area contributed by atoms with Crippen molar-refractivity contribution in [2.45, 2.75) is 6.54 Å². The molecule has 24 heavy (non-hydrogen) atoms. The van der Waals surface area contributed by atoms with Crippen LogP contribution < -0.4 is 17.0 Å². The van der Waals surface area contributed by atoms with Crippen LogP contribution in [-0.4, -0.2) is 5.78 Å². The van der Waals surface area contributed by atoms with Crippen molar-refractivity contribution >= 4 is 21.7 Å². The summed E-state index contributed by atoms with van der Waals surface area (Å²) >= 11 is 3.37. The van der Waals surface area contributed by atoms with E-state index in [1.165, 1.54) is 12.1 Å². The van der Waals surface area contributed by atoms with Gasteiger partial charge >= 0.3 is 0 Å². The number of rotatable bonds is 4. The first-order valence-corrected chi connectivity index (χ1v) is 7.95. The Morgan fingerprint density at radius 1 is 0.958 bits per heavy atom. The predicted octanol–water partition coefficient (Wildman–Crippen LogP) is 1.16. The van der Waals surface area contributed by atoms with Gasteiger partial charge in [0.2, 0.25) is 0 Å². The van der Waals surface area contributed by atoms with Crippen LogP contribution in [0.1, 0.15) is 21.5 Å². The summed E-state index contributed by atoms with van der Waals surface area (Å²) in [7, 11) is 0. The van der Waals surface area contributed by atoms with E-state index < -0.39 is 0 Å². The molecule has 1 aromatic heterocycles. The van der Waals surface area contributed by atoms with Crippen LogP contribution in [0.15, 0.2) is 77.5 Å². The van der Waals surface area contributed by atoms with E-state index in [2.05, 4.69) is 15.9 Å². The molecule has 0 saturated heterocycles. The van der Waals surface area contributed by atoms with Crippen LogP contribution in [0.25, 0.3) is 0 Å². The Hall–Kier alpha value is -2.04. The second-order valence-corrected chi connectivity index (χ2v) is 6.04. The molecule has 1 heterocycles. The highest BCUT2D eigenvalue weighted by atomic mass is 79.9. The number of benzene rings is 2. The molecule has 0 spiro atoms. The molecule has 2 aromatic carbocycles. The molecule has 122 valence electrons. The van der Waals surface area contributed by atoms with Crippen molar-refractivity contribution in [3.8, 4) is 0 Å². The Labute approximate surface area is 154 Å². The SMILES string of the molecule is O=C(c1ccccc1)c1cc[n+](Cc2ccc(F)cc2Br)cc1.[Cl-]. The van der Waals surface area contributed by atoms with Gasteiger partial charge in [-0.05, 0) is 18.2 Å². The van der Waals surface area contributed by atoms with Gasteiger partial charge in [-0.3, -0.25) is 4.79 Å². The molecule has 0 saturated carbocycles. The van der Waals surface area contributed by atoms with Gasteiger partial charge in [0.05, 0.1) is 0 Å². The van der Waals surface area contributed by atoms with Gasteiger partial charge < -0.3 is 12.4 Å². The molecule has 3 aromatic rings. The van der Waals surface area contributed by atoms with Crippen LogP contribution in [0.4, 0.5) is 4.39 Å². The highest BCUT2D eigenvalue weighted by Gasteiger charge is 2.12. The third kappa shape index (κ3) is 4.28. The van der Waals surface area contributed by atoms with Crippen LogP contribution in [-0.2, 0) is 6.54 Å². The largest absolute Gasteiger partial charge is 1.00 e. The molecule has 0 bridgehead atoms. The molecule has 2 nitrogen and oxygen atoms in total. The van der Waals surface area contributed by atoms with Crippen molar-refractivity contribution in [2.75, 3.05) is 0 Å². The van der Waals surface area contributed by atoms with Gasteiger partial charge in [-0.1, -0.05) is 46.3 Å². The number of carbonyl (C=O) groups is 1. The van der Waals surface area contributed by atoms with Gasteiger partial charge in [-0.15, -0.1) is 0 Å². The molecular formula is C19H14BrClFNO. The first-order valence-electron chi connectivity index (χ1n) is 7.16. The van der Waals surface area contributed by atoms with Gasteiger partial charge in [-0.2, -0.15) is 0 Å². The quantitative estimate of drug-likeness (QED) is 0.470. The molecule has 0 fully saturated rings. The van der Waals surface area contributed by atoms with Crippen molar-refractivity contribution in [1.82, 2.24) is 0 Å². The molecule has 5 heteroatoms. The molecule has 0 atom stereocenters. The third-order valence-corrected chi connectivity index (χ3v) is 4.30. The lowest BCUT2D eigenvalue weighted by Gasteiger charge is -2.03. The topological polar surface area (TPSA) is 20.9 Å². The maximum atomic E-state index is 13.1. The molecular weight excluding hydrogens is 393 g/mol. The number of hydrogen-bond donors (Lipinski definition) is 0. The Morgan fingerprint density at radius 2 is 1.58 bits per heavy atom. The maximum absolute atomic E-state index is 13.1. The van der Waals surface area contributed by atoms with Crippen LogP contribution in [0.3, 0.4) is 0 Å². The summed E-state index contributed by atoms with van der Waals surface area (Å²) in [6.07, 6.45) is 3.71. The fourth-order valence-electron chi connectivity index (χ4n) is 2.32. The lowest BCUT2D eigenvalue weighted by atomic mass is 10.0. The highest BCUT2D eigenvalue weighted by molar-refractivity contribution is 9.10. The zero-order chi connectivity index (χ0) is 16.2. The number of halogens is 3. The third-order valence-electron chi connectivity index (χ3n) is 3.56. The summed E-state index contributed by atoms with van der Waals surface area (Å²) in [5.41, 5.74) is 2.29. The van der Waals surface area contributed by atoms with Crippen LogP contribution in [0, 0.1) is 5.82 Å². The number of nitrogens with zero attached hydrogens (tertiary/aromatic N) is 1. The lowest BCUT2D eigenvalue weighted by molar-refractivity contribution is -0.688. The molecule has 0 radical (unpaired) electrons. The summed E-state index contributed by atoms with van der Waals surface area (Å²) in [6.45, 7) is 0.598. The van der Waals surface area contributed by atoms with Gasteiger partial charge in [0.1, 0.15) is 5.82 Å². The van der Waals surface area contributed by atoms with Gasteiger partial charge in [-0.25, -0.2) is 8.96 Å². The van der Waals surface area contributed by atoms with Crippen molar-refractivity contribution in [3.05, 3.63) is 100 Å². The molecule has 0 N–H and O–H groups in total. The van der Waals surface area contributed by atoms with E-state index >= 15 is 0 Å². The summed E-state index contributed by atoms with van der Waals surface area (Å²) in [4.78, 5) is 12.3. The number of aromatic nitrogens is 1. The van der Waals surface area contributed by atoms with Gasteiger partial charge in [0, 0.05) is 33.3 Å². The smallest absolute Gasteiger partial charge is 0.193 e. The minimum atomic E-state index is -0.269. The fraction of sp³-hybridized carbons (Fsp3) is 0.0526. The number of carbonyl (C=O) groups excluding carboxylic acids is 1. The van der Waals surface area contributed by atoms with Crippen LogP contribution >= 0.6 is 15.9 Å². The van der Waals surface area contributed by atoms with Crippen LogP contribution in [0.5, 0.6) is 0 Å². The number of hydrogen-bond acceptors (Lipinski definition) is 1. The Morgan fingerprint density at radius 3 is 2.21 bits per heavy atom. The Balaban J connectivity index is 0.00000208. The first kappa shape index (κ1) is 18.3. The Bertz CT molecular complexity index is 838. The average molecular weight is 407 g/mol. The zero-order valence-electron chi connectivity index (χ0n) is 12.6. The maximum Gasteiger partial charge on any atom is 0.193 e. The van der Waals surface area contributed by atoms with Crippen molar-refractivity contribution in [1.29, 1.82) is 0 Å². The van der Waals surface area contributed by atoms with E-state index in [-0.39, 0.29) is 24.0 Å². The second-order valence-electron chi connectivity index (χ2n) is 5.19. The predicted molar refractivity (Wildman–Crippen MR) is 89.7 cm³/mol. The van der Waals surface area contributed by atoms with E-state index in [0.29, 0.717) is 17.7 Å². The summed E-state index contributed by atoms with van der Waals surface area (Å²) in [5, 5.41) is 0. The fourth-order valence-corrected chi connectivity index (χ4v) is 2.79. The molecule has 3 rings (SSSR count). The van der Waals surface area contributed by atoms with Gasteiger partial charge in [0.25, 0.3) is 0 Å². The molecule has 0 amide bonds. The summed E-state index contributed by atoms with van der Waals surface area (Å²) < 4.78 is 15.8. The average Bonchev–Trinajstić information content (AvgIpc) is 2.58. The standard InChI is InChI=1S/C19H14BrFNO.ClH/c20-18-12-17(21)7-6-16(18)13-22-10-8-15(9-11-22)19(23)14-4-2-1-3-5-14;/h1-12H,13H2;1H/q+1;/p-1. The number of pyridine rings is 1. The second kappa shape index (κ2) is 8.18. The van der Waals surface area contributed by atoms with E-state index in [9.17, 15) is 9.18 Å². The highest BCUT2D eigenvalue weighted by Crippen LogP contribution is 2.17. The zero-order valence-corrected chi connectivity index (χ0v) is 15.0. The van der Waals surface area contributed by atoms with Crippen LogP contribution in [0.2, 0.25) is 0 Å². The molecule has 0 aliphatic rings. The Kier molecular flexibility index (Phi) is 6.23. The monoisotopic (exact) mass is 405 g/mol. The van der Waals surface area contributed by atoms with E-state index in [0.717, 1.165) is 10.0 Å². The molecule has 0 aliphatic carbocycles. The van der Waals surface area contributed by atoms with Crippen molar-refractivity contribution in [3.63, 3.8) is 0 Å². The lowest BCUT2D eigenvalue weighted by Crippen LogP contribution is -3.00. The van der Waals surface area contributed by atoms with E-state index in [4.69, 9.17) is 0 Å². The van der Waals surface area contributed by atoms with Crippen molar-refractivity contribution < 1.29 is 26.2 Å². The van der Waals surface area contributed by atoms with E-state index in [1.807, 2.05) is 35.2 Å². The summed E-state index contributed by atoms with van der Waals surface area (Å²) in [6, 6.07) is 17.4. The van der Waals surface area contributed by atoms with Gasteiger partial charge in [0.15, 0.2) is 24.7 Å². The minimum Gasteiger partial charge on any atom is -1.00 e. The molecule has 0 aliphatic heterocycles. The molecule has 0 unspecified atom stereocenters. The number of ketones is 1. The van der Waals surface area contributed by atoms with Crippen molar-refractivity contribution in [2.24, 2.45) is 0 Å². The normalized spacial score (nSPS) is 10.1. The first-order chi connectivity index (χ1) is 11.1. The minimum absolute atomic E-state index is 0. The van der Waals surface area contributed by atoms with E-state index in [1.54, 1.807) is 30.3 Å².